The molecule has 6 heteroatoms. The Morgan fingerprint density at radius 3 is 2.07 bits per heavy atom. The van der Waals surface area contributed by atoms with E-state index in [9.17, 15) is 4.79 Å². The molecule has 1 amide bonds. The molecule has 0 aliphatic carbocycles. The predicted octanol–water partition coefficient (Wildman–Crippen LogP) is 4.28. The van der Waals surface area contributed by atoms with Gasteiger partial charge in [-0.25, -0.2) is 4.99 Å². The van der Waals surface area contributed by atoms with Crippen molar-refractivity contribution < 1.29 is 4.79 Å². The highest BCUT2D eigenvalue weighted by Gasteiger charge is 2.11. The van der Waals surface area contributed by atoms with Crippen LogP contribution in [0.5, 0.6) is 0 Å². The fraction of sp³-hybridized carbons (Fsp3) is 0.619. The minimum Gasteiger partial charge on any atom is -0.357 e. The number of halogens is 1. The number of nitrogens with one attached hydrogen (secondary N) is 2. The molecular formula is C21H37IN4O. The lowest BCUT2D eigenvalue weighted by Crippen LogP contribution is -2.39. The molecule has 0 aliphatic rings. The van der Waals surface area contributed by atoms with Crippen LogP contribution in [-0.4, -0.2) is 42.9 Å². The minimum absolute atomic E-state index is 0. The molecule has 0 aliphatic heterocycles. The van der Waals surface area contributed by atoms with E-state index in [2.05, 4.69) is 36.4 Å². The van der Waals surface area contributed by atoms with E-state index in [1.165, 1.54) is 12.8 Å². The quantitative estimate of drug-likeness (QED) is 0.294. The summed E-state index contributed by atoms with van der Waals surface area (Å²) in [5.74, 6) is 1.61. The van der Waals surface area contributed by atoms with Crippen LogP contribution in [0.4, 0.5) is 0 Å². The Hall–Kier alpha value is -1.31. The van der Waals surface area contributed by atoms with Gasteiger partial charge in [0.2, 0.25) is 0 Å². The van der Waals surface area contributed by atoms with Gasteiger partial charge in [-0.15, -0.1) is 24.0 Å². The van der Waals surface area contributed by atoms with Gasteiger partial charge in [0.05, 0.1) is 6.54 Å². The lowest BCUT2D eigenvalue weighted by Gasteiger charge is -2.18. The lowest BCUT2D eigenvalue weighted by molar-refractivity contribution is 0.0773. The van der Waals surface area contributed by atoms with Crippen molar-refractivity contribution in [1.29, 1.82) is 0 Å². The molecule has 27 heavy (non-hydrogen) atoms. The second-order valence-electron chi connectivity index (χ2n) is 6.43. The van der Waals surface area contributed by atoms with Crippen molar-refractivity contribution in [3.8, 4) is 0 Å². The van der Waals surface area contributed by atoms with E-state index < -0.39 is 0 Å². The third kappa shape index (κ3) is 8.95. The summed E-state index contributed by atoms with van der Waals surface area (Å²) >= 11 is 0. The fourth-order valence-corrected chi connectivity index (χ4v) is 2.78. The van der Waals surface area contributed by atoms with Crippen LogP contribution in [0.15, 0.2) is 29.3 Å². The molecular weight excluding hydrogens is 451 g/mol. The highest BCUT2D eigenvalue weighted by molar-refractivity contribution is 14.0. The molecule has 5 nitrogen and oxygen atoms in total. The van der Waals surface area contributed by atoms with E-state index in [0.29, 0.717) is 12.5 Å². The van der Waals surface area contributed by atoms with Crippen LogP contribution in [0.1, 0.15) is 63.4 Å². The molecule has 0 spiro atoms. The number of aliphatic imine (C=N–C) groups is 1. The molecule has 1 aromatic rings. The van der Waals surface area contributed by atoms with Gasteiger partial charge in [0.1, 0.15) is 0 Å². The van der Waals surface area contributed by atoms with Crippen molar-refractivity contribution in [2.24, 2.45) is 10.9 Å². The summed E-state index contributed by atoms with van der Waals surface area (Å²) in [7, 11) is 0. The van der Waals surface area contributed by atoms with Gasteiger partial charge in [0.25, 0.3) is 5.91 Å². The summed E-state index contributed by atoms with van der Waals surface area (Å²) in [6, 6.07) is 7.78. The topological polar surface area (TPSA) is 56.7 Å². The smallest absolute Gasteiger partial charge is 0.253 e. The van der Waals surface area contributed by atoms with E-state index in [4.69, 9.17) is 0 Å². The maximum absolute atomic E-state index is 12.4. The van der Waals surface area contributed by atoms with E-state index in [-0.39, 0.29) is 29.9 Å². The summed E-state index contributed by atoms with van der Waals surface area (Å²) in [5.41, 5.74) is 1.83. The SMILES string of the molecule is CCNC(=NCc1ccc(C(=O)N(CC)CC)cc1)NCC(CC)CC.I. The zero-order valence-corrected chi connectivity index (χ0v) is 19.9. The second kappa shape index (κ2) is 14.7. The molecule has 0 saturated heterocycles. The first-order valence-electron chi connectivity index (χ1n) is 9.99. The number of carbonyl (C=O) groups excluding carboxylic acids is 1. The number of hydrogen-bond donors (Lipinski definition) is 2. The number of hydrogen-bond acceptors (Lipinski definition) is 2. The third-order valence-electron chi connectivity index (χ3n) is 4.73. The number of rotatable bonds is 10. The largest absolute Gasteiger partial charge is 0.357 e. The maximum atomic E-state index is 12.4. The van der Waals surface area contributed by atoms with Crippen LogP contribution in [0.3, 0.4) is 0 Å². The Bertz CT molecular complexity index is 552. The summed E-state index contributed by atoms with van der Waals surface area (Å²) in [6.45, 7) is 14.4. The van der Waals surface area contributed by atoms with Gasteiger partial charge in [0, 0.05) is 31.7 Å². The van der Waals surface area contributed by atoms with E-state index >= 15 is 0 Å². The van der Waals surface area contributed by atoms with Gasteiger partial charge in [0.15, 0.2) is 5.96 Å². The van der Waals surface area contributed by atoms with Gasteiger partial charge < -0.3 is 15.5 Å². The van der Waals surface area contributed by atoms with Crippen molar-refractivity contribution in [2.45, 2.75) is 54.0 Å². The monoisotopic (exact) mass is 488 g/mol. The standard InChI is InChI=1S/C21H36N4O.HI/c1-6-17(7-2)15-23-21(22-8-3)24-16-18-11-13-19(14-12-18)20(26)25(9-4)10-5;/h11-14,17H,6-10,15-16H2,1-5H3,(H2,22,23,24);1H. The average Bonchev–Trinajstić information content (AvgIpc) is 2.68. The van der Waals surface area contributed by atoms with E-state index in [1.54, 1.807) is 0 Å². The molecule has 2 N–H and O–H groups in total. The fourth-order valence-electron chi connectivity index (χ4n) is 2.78. The summed E-state index contributed by atoms with van der Waals surface area (Å²) in [6.07, 6.45) is 2.34. The van der Waals surface area contributed by atoms with Gasteiger partial charge in [-0.3, -0.25) is 4.79 Å². The molecule has 0 unspecified atom stereocenters. The number of carbonyl (C=O) groups is 1. The Balaban J connectivity index is 0.00000676. The van der Waals surface area contributed by atoms with Gasteiger partial charge in [-0.2, -0.15) is 0 Å². The van der Waals surface area contributed by atoms with Gasteiger partial charge in [-0.1, -0.05) is 38.8 Å². The molecule has 0 aromatic heterocycles. The molecule has 0 saturated carbocycles. The number of nitrogens with zero attached hydrogens (tertiary/aromatic N) is 2. The summed E-state index contributed by atoms with van der Waals surface area (Å²) in [5, 5.41) is 6.72. The second-order valence-corrected chi connectivity index (χ2v) is 6.43. The Morgan fingerprint density at radius 1 is 1.00 bits per heavy atom. The average molecular weight is 488 g/mol. The normalized spacial score (nSPS) is 11.1. The minimum atomic E-state index is 0. The highest BCUT2D eigenvalue weighted by atomic mass is 127. The van der Waals surface area contributed by atoms with Crippen LogP contribution in [0, 0.1) is 5.92 Å². The Labute approximate surface area is 182 Å². The molecule has 0 radical (unpaired) electrons. The maximum Gasteiger partial charge on any atom is 0.253 e. The van der Waals surface area contributed by atoms with E-state index in [1.807, 2.05) is 43.0 Å². The highest BCUT2D eigenvalue weighted by Crippen LogP contribution is 2.09. The van der Waals surface area contributed by atoms with Gasteiger partial charge in [-0.05, 0) is 44.4 Å². The molecule has 154 valence electrons. The number of amides is 1. The van der Waals surface area contributed by atoms with Crippen LogP contribution >= 0.6 is 24.0 Å². The summed E-state index contributed by atoms with van der Waals surface area (Å²) < 4.78 is 0. The number of guanidine groups is 1. The van der Waals surface area contributed by atoms with Gasteiger partial charge >= 0.3 is 0 Å². The molecule has 1 aromatic carbocycles. The lowest BCUT2D eigenvalue weighted by atomic mass is 10.0. The first-order chi connectivity index (χ1) is 12.6. The molecule has 0 heterocycles. The van der Waals surface area contributed by atoms with Crippen molar-refractivity contribution in [2.75, 3.05) is 26.2 Å². The van der Waals surface area contributed by atoms with Crippen molar-refractivity contribution in [3.05, 3.63) is 35.4 Å². The Morgan fingerprint density at radius 2 is 1.59 bits per heavy atom. The first kappa shape index (κ1) is 25.7. The first-order valence-corrected chi connectivity index (χ1v) is 9.99. The van der Waals surface area contributed by atoms with Crippen molar-refractivity contribution >= 4 is 35.8 Å². The van der Waals surface area contributed by atoms with Crippen LogP contribution in [-0.2, 0) is 6.54 Å². The number of benzene rings is 1. The zero-order chi connectivity index (χ0) is 19.4. The van der Waals surface area contributed by atoms with Crippen molar-refractivity contribution in [1.82, 2.24) is 15.5 Å². The van der Waals surface area contributed by atoms with Crippen LogP contribution in [0.25, 0.3) is 0 Å². The predicted molar refractivity (Wildman–Crippen MR) is 126 cm³/mol. The third-order valence-corrected chi connectivity index (χ3v) is 4.73. The molecule has 0 bridgehead atoms. The summed E-state index contributed by atoms with van der Waals surface area (Å²) in [4.78, 5) is 18.9. The van der Waals surface area contributed by atoms with Crippen LogP contribution in [0.2, 0.25) is 0 Å². The Kier molecular flexibility index (Phi) is 14.0. The van der Waals surface area contributed by atoms with E-state index in [0.717, 1.165) is 43.3 Å². The van der Waals surface area contributed by atoms with Crippen LogP contribution < -0.4 is 10.6 Å². The molecule has 1 rings (SSSR count). The molecule has 0 fully saturated rings. The molecule has 0 atom stereocenters. The van der Waals surface area contributed by atoms with Crippen molar-refractivity contribution in [3.63, 3.8) is 0 Å². The zero-order valence-electron chi connectivity index (χ0n) is 17.5.